The van der Waals surface area contributed by atoms with E-state index in [0.717, 1.165) is 19.3 Å². The van der Waals surface area contributed by atoms with E-state index in [-0.39, 0.29) is 52.3 Å². The Labute approximate surface area is 222 Å². The molecule has 1 N–H and O–H groups in total. The fourth-order valence-corrected chi connectivity index (χ4v) is 9.96. The molecule has 2 amide bonds. The number of hydrogen-bond donors (Lipinski definition) is 1. The average Bonchev–Trinajstić information content (AvgIpc) is 3.15. The first kappa shape index (κ1) is 25.3. The molecule has 3 saturated carbocycles. The van der Waals surface area contributed by atoms with E-state index in [4.69, 9.17) is 0 Å². The molecule has 1 aromatic carbocycles. The second-order valence-corrected chi connectivity index (χ2v) is 13.3. The lowest BCUT2D eigenvalue weighted by atomic mass is 9.34. The molecule has 6 aliphatic rings. The highest BCUT2D eigenvalue weighted by Crippen LogP contribution is 2.74. The van der Waals surface area contributed by atoms with E-state index in [0.29, 0.717) is 19.3 Å². The van der Waals surface area contributed by atoms with E-state index in [1.54, 1.807) is 6.07 Å². The summed E-state index contributed by atoms with van der Waals surface area (Å²) in [5.74, 6) is -1.95. The molecule has 7 rings (SSSR count). The number of carbonyl (C=O) groups is 3. The lowest BCUT2D eigenvalue weighted by molar-refractivity contribution is -0.384. The molecule has 1 saturated heterocycles. The second-order valence-electron chi connectivity index (χ2n) is 13.3. The zero-order valence-corrected chi connectivity index (χ0v) is 22.5. The predicted octanol–water partition coefficient (Wildman–Crippen LogP) is 5.61. The van der Waals surface area contributed by atoms with E-state index in [2.05, 4.69) is 26.8 Å². The third kappa shape index (κ3) is 3.00. The number of rotatable bonds is 4. The van der Waals surface area contributed by atoms with Gasteiger partial charge in [0.1, 0.15) is 0 Å². The predicted molar refractivity (Wildman–Crippen MR) is 140 cm³/mol. The maximum Gasteiger partial charge on any atom is 0.309 e. The molecule has 1 aromatic rings. The highest BCUT2D eigenvalue weighted by Gasteiger charge is 2.73. The summed E-state index contributed by atoms with van der Waals surface area (Å²) in [6.07, 6.45) is 6.97. The number of amides is 2. The fraction of sp³-hybridized carbons (Fsp3) is 0.633. The zero-order chi connectivity index (χ0) is 27.4. The molecule has 1 heterocycles. The Hall–Kier alpha value is -3.03. The normalized spacial score (nSPS) is 41.4. The molecule has 0 unspecified atom stereocenters. The summed E-state index contributed by atoms with van der Waals surface area (Å²) < 4.78 is 0. The van der Waals surface area contributed by atoms with Gasteiger partial charge in [-0.15, -0.1) is 0 Å². The first-order chi connectivity index (χ1) is 17.9. The average molecular weight is 521 g/mol. The van der Waals surface area contributed by atoms with E-state index >= 15 is 0 Å². The van der Waals surface area contributed by atoms with Gasteiger partial charge < -0.3 is 5.11 Å². The van der Waals surface area contributed by atoms with Crippen LogP contribution in [0, 0.1) is 61.9 Å². The number of carboxylic acids is 1. The number of non-ortho nitro benzene ring substituents is 1. The van der Waals surface area contributed by atoms with Crippen LogP contribution in [0.15, 0.2) is 35.9 Å². The number of imide groups is 1. The van der Waals surface area contributed by atoms with Gasteiger partial charge in [0.25, 0.3) is 5.69 Å². The minimum Gasteiger partial charge on any atom is -0.481 e. The SMILES string of the molecule is CC(C)C1=C[C@]23CC[C@@H]4[C@@](C)(CCC[C@]4(C)C(=O)O)[C@@H]2C[C@@H]1[C@@H]1C(=O)N(c2cccc([N+](=O)[O-])c2)C(=O)[C@@H]13. The maximum absolute atomic E-state index is 14.3. The molecule has 1 aliphatic heterocycles. The molecular formula is C30H36N2O6. The van der Waals surface area contributed by atoms with Gasteiger partial charge in [0.2, 0.25) is 11.8 Å². The Balaban J connectivity index is 1.48. The molecule has 0 aromatic heterocycles. The molecule has 202 valence electrons. The fourth-order valence-electron chi connectivity index (χ4n) is 9.96. The van der Waals surface area contributed by atoms with Gasteiger partial charge >= 0.3 is 5.97 Å². The number of nitrogens with zero attached hydrogens (tertiary/aromatic N) is 2. The van der Waals surface area contributed by atoms with Crippen molar-refractivity contribution < 1.29 is 24.4 Å². The van der Waals surface area contributed by atoms with Crippen molar-refractivity contribution in [1.82, 2.24) is 0 Å². The molecule has 8 nitrogen and oxygen atoms in total. The molecule has 8 heteroatoms. The lowest BCUT2D eigenvalue weighted by Crippen LogP contribution is -2.65. The van der Waals surface area contributed by atoms with Crippen molar-refractivity contribution in [2.24, 2.45) is 51.8 Å². The first-order valence-electron chi connectivity index (χ1n) is 13.9. The number of carbonyl (C=O) groups excluding carboxylic acids is 2. The van der Waals surface area contributed by atoms with Crippen molar-refractivity contribution >= 4 is 29.2 Å². The summed E-state index contributed by atoms with van der Waals surface area (Å²) in [4.78, 5) is 53.0. The quantitative estimate of drug-likeness (QED) is 0.239. The standard InChI is InChI=1S/C30H36N2O6/c1-16(2)20-15-30-12-9-21-28(3,10-6-11-29(21,4)27(35)36)22(30)14-19(20)23-24(30)26(34)31(25(23)33)17-7-5-8-18(13-17)32(37)38/h5,7-8,13,15-16,19,21-24H,6,9-12,14H2,1-4H3,(H,35,36)/t19-,21+,22-,23-,24+,28+,29-,30+/m0/s1. The molecule has 8 atom stereocenters. The van der Waals surface area contributed by atoms with Crippen LogP contribution in [0.2, 0.25) is 0 Å². The van der Waals surface area contributed by atoms with Gasteiger partial charge in [-0.05, 0) is 74.2 Å². The summed E-state index contributed by atoms with van der Waals surface area (Å²) in [7, 11) is 0. The number of aliphatic carboxylic acids is 1. The monoisotopic (exact) mass is 520 g/mol. The van der Waals surface area contributed by atoms with Crippen LogP contribution in [0.4, 0.5) is 11.4 Å². The molecule has 4 fully saturated rings. The Morgan fingerprint density at radius 3 is 2.53 bits per heavy atom. The van der Waals surface area contributed by atoms with E-state index in [1.807, 2.05) is 6.92 Å². The lowest BCUT2D eigenvalue weighted by Gasteiger charge is -2.68. The van der Waals surface area contributed by atoms with Crippen LogP contribution in [0.5, 0.6) is 0 Å². The largest absolute Gasteiger partial charge is 0.481 e. The number of nitro groups is 1. The van der Waals surface area contributed by atoms with Gasteiger partial charge in [-0.2, -0.15) is 0 Å². The number of benzene rings is 1. The Bertz CT molecular complexity index is 1300. The minimum absolute atomic E-state index is 0.0191. The van der Waals surface area contributed by atoms with Crippen molar-refractivity contribution in [2.45, 2.75) is 66.2 Å². The van der Waals surface area contributed by atoms with E-state index in [9.17, 15) is 29.6 Å². The van der Waals surface area contributed by atoms with Gasteiger partial charge in [0.05, 0.1) is 27.9 Å². The minimum atomic E-state index is -0.792. The molecule has 5 aliphatic carbocycles. The number of anilines is 1. The van der Waals surface area contributed by atoms with Crippen molar-refractivity contribution in [3.63, 3.8) is 0 Å². The van der Waals surface area contributed by atoms with Crippen LogP contribution in [-0.4, -0.2) is 27.8 Å². The second kappa shape index (κ2) is 7.99. The number of carboxylic acid groups (broad SMARTS) is 1. The summed E-state index contributed by atoms with van der Waals surface area (Å²) >= 11 is 0. The van der Waals surface area contributed by atoms with Gasteiger partial charge in [-0.1, -0.05) is 44.9 Å². The smallest absolute Gasteiger partial charge is 0.309 e. The van der Waals surface area contributed by atoms with Gasteiger partial charge in [0, 0.05) is 17.5 Å². The summed E-state index contributed by atoms with van der Waals surface area (Å²) in [6, 6.07) is 5.80. The van der Waals surface area contributed by atoms with Gasteiger partial charge in [0.15, 0.2) is 0 Å². The number of allylic oxidation sites excluding steroid dienone is 2. The van der Waals surface area contributed by atoms with Crippen LogP contribution in [0.3, 0.4) is 0 Å². The summed E-state index contributed by atoms with van der Waals surface area (Å²) in [5.41, 5.74) is -0.195. The van der Waals surface area contributed by atoms with E-state index < -0.39 is 33.6 Å². The summed E-state index contributed by atoms with van der Waals surface area (Å²) in [6.45, 7) is 8.44. The molecular weight excluding hydrogens is 484 g/mol. The maximum atomic E-state index is 14.3. The van der Waals surface area contributed by atoms with Crippen LogP contribution >= 0.6 is 0 Å². The number of hydrogen-bond acceptors (Lipinski definition) is 5. The van der Waals surface area contributed by atoms with Crippen LogP contribution in [0.25, 0.3) is 0 Å². The Morgan fingerprint density at radius 2 is 1.87 bits per heavy atom. The van der Waals surface area contributed by atoms with Crippen LogP contribution < -0.4 is 4.90 Å². The topological polar surface area (TPSA) is 118 Å². The Morgan fingerprint density at radius 1 is 1.13 bits per heavy atom. The van der Waals surface area contributed by atoms with Crippen molar-refractivity contribution in [3.8, 4) is 0 Å². The molecule has 2 bridgehead atoms. The van der Waals surface area contributed by atoms with E-state index in [1.165, 1.54) is 28.7 Å². The highest BCUT2D eigenvalue weighted by atomic mass is 16.6. The number of fused-ring (bicyclic) bond motifs is 1. The Kier molecular flexibility index (Phi) is 5.31. The first-order valence-corrected chi connectivity index (χ1v) is 13.9. The van der Waals surface area contributed by atoms with Crippen LogP contribution in [0.1, 0.15) is 66.2 Å². The van der Waals surface area contributed by atoms with Crippen molar-refractivity contribution in [3.05, 3.63) is 46.0 Å². The molecule has 38 heavy (non-hydrogen) atoms. The third-order valence-corrected chi connectivity index (χ3v) is 11.5. The van der Waals surface area contributed by atoms with Gasteiger partial charge in [-0.25, -0.2) is 4.90 Å². The van der Waals surface area contributed by atoms with Crippen LogP contribution in [-0.2, 0) is 14.4 Å². The molecule has 0 radical (unpaired) electrons. The zero-order valence-electron chi connectivity index (χ0n) is 22.5. The van der Waals surface area contributed by atoms with Gasteiger partial charge in [-0.3, -0.25) is 24.5 Å². The molecule has 1 spiro atoms. The highest BCUT2D eigenvalue weighted by molar-refractivity contribution is 6.23. The van der Waals surface area contributed by atoms with Crippen molar-refractivity contribution in [1.29, 1.82) is 0 Å². The number of nitro benzene ring substituents is 1. The summed E-state index contributed by atoms with van der Waals surface area (Å²) in [5, 5.41) is 21.7. The van der Waals surface area contributed by atoms with Crippen molar-refractivity contribution in [2.75, 3.05) is 4.90 Å². The third-order valence-electron chi connectivity index (χ3n) is 11.5.